The molecule has 0 unspecified atom stereocenters. The molecule has 2 aromatic rings. The number of hydrogen-bond donors (Lipinski definition) is 0. The lowest BCUT2D eigenvalue weighted by molar-refractivity contribution is -0.387. The fraction of sp³-hybridized carbons (Fsp3) is 0.286. The third kappa shape index (κ3) is 4.54. The van der Waals surface area contributed by atoms with Crippen LogP contribution in [0.25, 0.3) is 0 Å². The zero-order valence-electron chi connectivity index (χ0n) is 13.4. The fourth-order valence-electron chi connectivity index (χ4n) is 2.33. The highest BCUT2D eigenvalue weighted by Gasteiger charge is 2.30. The maximum Gasteiger partial charge on any atom is 0.294 e. The zero-order chi connectivity index (χ0) is 19.8. The largest absolute Gasteiger partial charge is 0.336 e. The van der Waals surface area contributed by atoms with Crippen LogP contribution in [0, 0.1) is 10.1 Å². The molecule has 0 N–H and O–H groups in total. The summed E-state index contributed by atoms with van der Waals surface area (Å²) in [5, 5.41) is 11.9. The van der Waals surface area contributed by atoms with E-state index >= 15 is 0 Å². The standard InChI is InChI=1S/C14H11Cl2N3O5S3/c15-8-6-17-7-9(16)12(8)26-14-10(19(21)22)5-11(25-14)13(20)18-1-3-27(23,24)4-2-18/h5-7H,1-4H2. The Balaban J connectivity index is 1.90. The van der Waals surface area contributed by atoms with E-state index in [2.05, 4.69) is 4.98 Å². The van der Waals surface area contributed by atoms with E-state index in [-0.39, 0.29) is 49.4 Å². The first-order valence-corrected chi connectivity index (χ1v) is 11.6. The number of nitrogens with zero attached hydrogens (tertiary/aromatic N) is 3. The van der Waals surface area contributed by atoms with Crippen LogP contribution in [0.2, 0.25) is 10.0 Å². The van der Waals surface area contributed by atoms with Gasteiger partial charge in [-0.1, -0.05) is 35.0 Å². The van der Waals surface area contributed by atoms with E-state index in [0.717, 1.165) is 23.1 Å². The fourth-order valence-corrected chi connectivity index (χ4v) is 6.36. The molecule has 0 aliphatic carbocycles. The average molecular weight is 468 g/mol. The minimum absolute atomic E-state index is 0.0668. The summed E-state index contributed by atoms with van der Waals surface area (Å²) in [6.45, 7) is 0.134. The van der Waals surface area contributed by atoms with Gasteiger partial charge in [-0.25, -0.2) is 8.42 Å². The summed E-state index contributed by atoms with van der Waals surface area (Å²) in [6, 6.07) is 1.20. The first-order valence-electron chi connectivity index (χ1n) is 7.43. The lowest BCUT2D eigenvalue weighted by Gasteiger charge is -2.26. The number of carbonyl (C=O) groups is 1. The van der Waals surface area contributed by atoms with E-state index in [9.17, 15) is 23.3 Å². The number of halogens is 2. The summed E-state index contributed by atoms with van der Waals surface area (Å²) in [4.78, 5) is 29.2. The van der Waals surface area contributed by atoms with Gasteiger partial charge in [0.2, 0.25) is 0 Å². The predicted octanol–water partition coefficient (Wildman–Crippen LogP) is 3.38. The highest BCUT2D eigenvalue weighted by molar-refractivity contribution is 8.01. The molecule has 13 heteroatoms. The highest BCUT2D eigenvalue weighted by atomic mass is 35.5. The van der Waals surface area contributed by atoms with Gasteiger partial charge in [-0.05, 0) is 0 Å². The minimum atomic E-state index is -3.14. The highest BCUT2D eigenvalue weighted by Crippen LogP contribution is 2.45. The first-order chi connectivity index (χ1) is 12.7. The maximum atomic E-state index is 12.6. The second-order valence-corrected chi connectivity index (χ2v) is 11.0. The van der Waals surface area contributed by atoms with Gasteiger partial charge in [-0.2, -0.15) is 0 Å². The van der Waals surface area contributed by atoms with Crippen molar-refractivity contribution in [3.63, 3.8) is 0 Å². The van der Waals surface area contributed by atoms with E-state index in [1.165, 1.54) is 23.4 Å². The molecule has 1 amide bonds. The number of amides is 1. The first kappa shape index (κ1) is 20.3. The topological polar surface area (TPSA) is 110 Å². The zero-order valence-corrected chi connectivity index (χ0v) is 17.4. The van der Waals surface area contributed by atoms with Crippen molar-refractivity contribution >= 4 is 67.7 Å². The summed E-state index contributed by atoms with van der Waals surface area (Å²) < 4.78 is 23.3. The second kappa shape index (κ2) is 7.92. The second-order valence-electron chi connectivity index (χ2n) is 5.52. The normalized spacial score (nSPS) is 16.3. The van der Waals surface area contributed by atoms with Crippen molar-refractivity contribution in [3.05, 3.63) is 43.5 Å². The summed E-state index contributed by atoms with van der Waals surface area (Å²) in [5.74, 6) is -0.664. The van der Waals surface area contributed by atoms with Gasteiger partial charge in [-0.3, -0.25) is 19.9 Å². The van der Waals surface area contributed by atoms with Gasteiger partial charge in [0, 0.05) is 31.5 Å². The molecule has 3 heterocycles. The van der Waals surface area contributed by atoms with E-state index in [0.29, 0.717) is 4.90 Å². The molecule has 0 bridgehead atoms. The molecule has 0 spiro atoms. The molecule has 3 rings (SSSR count). The predicted molar refractivity (Wildman–Crippen MR) is 104 cm³/mol. The molecule has 0 atom stereocenters. The van der Waals surface area contributed by atoms with Gasteiger partial charge in [0.15, 0.2) is 9.84 Å². The smallest absolute Gasteiger partial charge is 0.294 e. The van der Waals surface area contributed by atoms with Crippen molar-refractivity contribution in [1.29, 1.82) is 0 Å². The Hall–Kier alpha value is -1.40. The van der Waals surface area contributed by atoms with Crippen LogP contribution < -0.4 is 0 Å². The van der Waals surface area contributed by atoms with Gasteiger partial charge in [0.1, 0.15) is 9.09 Å². The van der Waals surface area contributed by atoms with E-state index in [1.807, 2.05) is 0 Å². The van der Waals surface area contributed by atoms with Crippen molar-refractivity contribution in [2.24, 2.45) is 0 Å². The SMILES string of the molecule is O=C(c1cc([N+](=O)[O-])c(Sc2c(Cl)cncc2Cl)s1)N1CCS(=O)(=O)CC1. The Bertz CT molecular complexity index is 991. The lowest BCUT2D eigenvalue weighted by Crippen LogP contribution is -2.43. The number of pyridine rings is 1. The number of sulfone groups is 1. The van der Waals surface area contributed by atoms with Crippen LogP contribution in [-0.2, 0) is 9.84 Å². The summed E-state index contributed by atoms with van der Waals surface area (Å²) >= 11 is 14.1. The van der Waals surface area contributed by atoms with Gasteiger partial charge in [0.05, 0.1) is 31.4 Å². The molecule has 1 aliphatic rings. The van der Waals surface area contributed by atoms with Gasteiger partial charge < -0.3 is 4.90 Å². The number of carbonyl (C=O) groups excluding carboxylic acids is 1. The number of aromatic nitrogens is 1. The Morgan fingerprint density at radius 2 is 1.85 bits per heavy atom. The van der Waals surface area contributed by atoms with Crippen LogP contribution >= 0.6 is 46.3 Å². The summed E-state index contributed by atoms with van der Waals surface area (Å²) in [6.07, 6.45) is 2.74. The Morgan fingerprint density at radius 1 is 1.26 bits per heavy atom. The molecule has 1 saturated heterocycles. The van der Waals surface area contributed by atoms with Crippen LogP contribution in [0.4, 0.5) is 5.69 Å². The molecule has 8 nitrogen and oxygen atoms in total. The van der Waals surface area contributed by atoms with E-state index in [1.54, 1.807) is 0 Å². The molecular weight excluding hydrogens is 457 g/mol. The van der Waals surface area contributed by atoms with Gasteiger partial charge in [-0.15, -0.1) is 11.3 Å². The number of hydrogen-bond acceptors (Lipinski definition) is 8. The molecule has 2 aromatic heterocycles. The maximum absolute atomic E-state index is 12.6. The molecule has 0 radical (unpaired) electrons. The monoisotopic (exact) mass is 467 g/mol. The Morgan fingerprint density at radius 3 is 2.41 bits per heavy atom. The number of nitro groups is 1. The number of rotatable bonds is 4. The van der Waals surface area contributed by atoms with Gasteiger partial charge in [0.25, 0.3) is 11.6 Å². The summed E-state index contributed by atoms with van der Waals surface area (Å²) in [7, 11) is -3.14. The third-order valence-corrected chi connectivity index (χ3v) is 8.57. The molecule has 27 heavy (non-hydrogen) atoms. The molecule has 0 saturated carbocycles. The average Bonchev–Trinajstić information content (AvgIpc) is 3.02. The van der Waals surface area contributed by atoms with Crippen molar-refractivity contribution < 1.29 is 18.1 Å². The van der Waals surface area contributed by atoms with E-state index < -0.39 is 20.7 Å². The molecule has 144 valence electrons. The summed E-state index contributed by atoms with van der Waals surface area (Å²) in [5.41, 5.74) is -0.234. The molecule has 0 aromatic carbocycles. The van der Waals surface area contributed by atoms with E-state index in [4.69, 9.17) is 23.2 Å². The Labute approximate surface area is 172 Å². The third-order valence-electron chi connectivity index (χ3n) is 3.72. The number of thiophene rings is 1. The molecular formula is C14H11Cl2N3O5S3. The van der Waals surface area contributed by atoms with Crippen LogP contribution in [0.5, 0.6) is 0 Å². The lowest BCUT2D eigenvalue weighted by atomic mass is 10.3. The van der Waals surface area contributed by atoms with Crippen molar-refractivity contribution in [1.82, 2.24) is 9.88 Å². The minimum Gasteiger partial charge on any atom is -0.336 e. The van der Waals surface area contributed by atoms with Crippen LogP contribution in [0.15, 0.2) is 27.6 Å². The quantitative estimate of drug-likeness (QED) is 0.500. The van der Waals surface area contributed by atoms with Gasteiger partial charge >= 0.3 is 0 Å². The Kier molecular flexibility index (Phi) is 5.96. The van der Waals surface area contributed by atoms with Crippen molar-refractivity contribution in [2.75, 3.05) is 24.6 Å². The van der Waals surface area contributed by atoms with Crippen molar-refractivity contribution in [3.8, 4) is 0 Å². The van der Waals surface area contributed by atoms with Crippen LogP contribution in [-0.4, -0.2) is 53.7 Å². The molecule has 1 fully saturated rings. The van der Waals surface area contributed by atoms with Crippen molar-refractivity contribution in [2.45, 2.75) is 9.10 Å². The molecule has 1 aliphatic heterocycles. The van der Waals surface area contributed by atoms with Crippen LogP contribution in [0.3, 0.4) is 0 Å². The van der Waals surface area contributed by atoms with Crippen LogP contribution in [0.1, 0.15) is 9.67 Å².